The number of rotatable bonds is 4. The summed E-state index contributed by atoms with van der Waals surface area (Å²) in [7, 11) is 0. The van der Waals surface area contributed by atoms with Gasteiger partial charge in [0.25, 0.3) is 0 Å². The van der Waals surface area contributed by atoms with E-state index in [1.165, 1.54) is 0 Å². The Bertz CT molecular complexity index is 441. The Balaban J connectivity index is 1.65. The molecule has 0 aromatic carbocycles. The minimum atomic E-state index is -0.889. The Hall–Kier alpha value is -1.36. The second-order valence-electron chi connectivity index (χ2n) is 6.13. The van der Waals surface area contributed by atoms with Gasteiger partial charge in [-0.1, -0.05) is 12.2 Å². The molecule has 3 N–H and O–H groups in total. The van der Waals surface area contributed by atoms with Crippen molar-refractivity contribution in [1.29, 1.82) is 0 Å². The lowest BCUT2D eigenvalue weighted by Crippen LogP contribution is -2.50. The van der Waals surface area contributed by atoms with Crippen LogP contribution >= 0.6 is 0 Å². The van der Waals surface area contributed by atoms with Gasteiger partial charge in [-0.15, -0.1) is 0 Å². The van der Waals surface area contributed by atoms with Gasteiger partial charge in [-0.05, 0) is 37.5 Å². The van der Waals surface area contributed by atoms with Gasteiger partial charge < -0.3 is 15.5 Å². The third kappa shape index (κ3) is 2.06. The molecule has 3 rings (SSSR count). The van der Waals surface area contributed by atoms with Gasteiger partial charge in [-0.25, -0.2) is 0 Å². The summed E-state index contributed by atoms with van der Waals surface area (Å²) in [5, 5.41) is 22.0. The van der Waals surface area contributed by atoms with E-state index in [4.69, 9.17) is 0 Å². The number of aliphatic carboxylic acids is 1. The molecule has 4 atom stereocenters. The maximum Gasteiger partial charge on any atom is 0.307 e. The van der Waals surface area contributed by atoms with Crippen LogP contribution in [0.5, 0.6) is 0 Å². The first kappa shape index (κ1) is 12.7. The predicted molar refractivity (Wildman–Crippen MR) is 67.2 cm³/mol. The highest BCUT2D eigenvalue weighted by atomic mass is 16.4. The Morgan fingerprint density at radius 3 is 2.37 bits per heavy atom. The van der Waals surface area contributed by atoms with E-state index in [1.807, 2.05) is 12.2 Å². The molecule has 2 bridgehead atoms. The second-order valence-corrected chi connectivity index (χ2v) is 6.13. The number of aliphatic hydroxyl groups is 1. The molecular formula is C14H19NO4. The average Bonchev–Trinajstić information content (AvgIpc) is 2.93. The van der Waals surface area contributed by atoms with Crippen molar-refractivity contribution in [3.8, 4) is 0 Å². The van der Waals surface area contributed by atoms with E-state index in [0.717, 1.165) is 12.8 Å². The van der Waals surface area contributed by atoms with Gasteiger partial charge in [0, 0.05) is 6.54 Å². The largest absolute Gasteiger partial charge is 0.481 e. The van der Waals surface area contributed by atoms with Crippen molar-refractivity contribution in [2.45, 2.75) is 31.3 Å². The fourth-order valence-electron chi connectivity index (χ4n) is 3.65. The molecule has 19 heavy (non-hydrogen) atoms. The minimum absolute atomic E-state index is 0.00922. The van der Waals surface area contributed by atoms with Gasteiger partial charge in [0.05, 0.1) is 17.4 Å². The van der Waals surface area contributed by atoms with Gasteiger partial charge in [0.1, 0.15) is 0 Å². The highest BCUT2D eigenvalue weighted by Gasteiger charge is 2.51. The summed E-state index contributed by atoms with van der Waals surface area (Å²) in [5.74, 6) is -2.15. The standard InChI is InChI=1S/C14H19NO4/c16-12(15-7-14(19)4-1-5-14)10-8-2-3-9(6-8)11(10)13(17)18/h2-3,8-11,19H,1,4-7H2,(H,15,16)(H,17,18). The number of carbonyl (C=O) groups is 2. The summed E-state index contributed by atoms with van der Waals surface area (Å²) in [4.78, 5) is 23.5. The molecule has 4 unspecified atom stereocenters. The second kappa shape index (κ2) is 4.34. The lowest BCUT2D eigenvalue weighted by atomic mass is 9.79. The topological polar surface area (TPSA) is 86.6 Å². The quantitative estimate of drug-likeness (QED) is 0.648. The maximum atomic E-state index is 12.2. The van der Waals surface area contributed by atoms with E-state index >= 15 is 0 Å². The molecule has 1 amide bonds. The van der Waals surface area contributed by atoms with Crippen molar-refractivity contribution in [3.05, 3.63) is 12.2 Å². The van der Waals surface area contributed by atoms with Crippen LogP contribution in [-0.2, 0) is 9.59 Å². The molecule has 0 spiro atoms. The van der Waals surface area contributed by atoms with Crippen molar-refractivity contribution >= 4 is 11.9 Å². The molecule has 0 aliphatic heterocycles. The number of carboxylic acid groups (broad SMARTS) is 1. The van der Waals surface area contributed by atoms with E-state index in [1.54, 1.807) is 0 Å². The SMILES string of the molecule is O=C(O)C1C2C=CC(C2)C1C(=O)NCC1(O)CCC1. The van der Waals surface area contributed by atoms with E-state index in [9.17, 15) is 19.8 Å². The molecule has 3 aliphatic rings. The molecule has 104 valence electrons. The highest BCUT2D eigenvalue weighted by Crippen LogP contribution is 2.48. The smallest absolute Gasteiger partial charge is 0.307 e. The van der Waals surface area contributed by atoms with Crippen LogP contribution < -0.4 is 5.32 Å². The Kier molecular flexibility index (Phi) is 2.89. The maximum absolute atomic E-state index is 12.2. The van der Waals surface area contributed by atoms with E-state index in [0.29, 0.717) is 12.8 Å². The van der Waals surface area contributed by atoms with Crippen LogP contribution in [0.1, 0.15) is 25.7 Å². The molecule has 5 heteroatoms. The lowest BCUT2D eigenvalue weighted by Gasteiger charge is -2.37. The minimum Gasteiger partial charge on any atom is -0.481 e. The van der Waals surface area contributed by atoms with Gasteiger partial charge in [-0.2, -0.15) is 0 Å². The normalized spacial score (nSPS) is 37.9. The zero-order valence-electron chi connectivity index (χ0n) is 10.7. The molecule has 2 fully saturated rings. The first-order chi connectivity index (χ1) is 9.00. The van der Waals surface area contributed by atoms with Crippen molar-refractivity contribution < 1.29 is 19.8 Å². The van der Waals surface area contributed by atoms with Crippen molar-refractivity contribution in [2.75, 3.05) is 6.54 Å². The molecule has 0 heterocycles. The number of hydrogen-bond donors (Lipinski definition) is 3. The summed E-state index contributed by atoms with van der Waals surface area (Å²) in [6.45, 7) is 0.246. The number of amides is 1. The molecule has 0 radical (unpaired) electrons. The number of fused-ring (bicyclic) bond motifs is 2. The molecule has 2 saturated carbocycles. The summed E-state index contributed by atoms with van der Waals surface area (Å²) in [6, 6.07) is 0. The van der Waals surface area contributed by atoms with Crippen LogP contribution in [0.2, 0.25) is 0 Å². The van der Waals surface area contributed by atoms with Crippen LogP contribution in [0.3, 0.4) is 0 Å². The highest BCUT2D eigenvalue weighted by molar-refractivity contribution is 5.86. The van der Waals surface area contributed by atoms with Gasteiger partial charge >= 0.3 is 5.97 Å². The van der Waals surface area contributed by atoms with E-state index < -0.39 is 23.4 Å². The van der Waals surface area contributed by atoms with Crippen molar-refractivity contribution in [1.82, 2.24) is 5.32 Å². The first-order valence-electron chi connectivity index (χ1n) is 6.91. The molecular weight excluding hydrogens is 246 g/mol. The average molecular weight is 265 g/mol. The zero-order valence-corrected chi connectivity index (χ0v) is 10.7. The summed E-state index contributed by atoms with van der Waals surface area (Å²) >= 11 is 0. The molecule has 0 saturated heterocycles. The lowest BCUT2D eigenvalue weighted by molar-refractivity contribution is -0.148. The monoisotopic (exact) mass is 265 g/mol. The molecule has 0 aromatic rings. The third-order valence-corrected chi connectivity index (χ3v) is 4.92. The van der Waals surface area contributed by atoms with Gasteiger partial charge in [-0.3, -0.25) is 9.59 Å². The molecule has 3 aliphatic carbocycles. The fourth-order valence-corrected chi connectivity index (χ4v) is 3.65. The van der Waals surface area contributed by atoms with Crippen LogP contribution in [0.4, 0.5) is 0 Å². The van der Waals surface area contributed by atoms with E-state index in [-0.39, 0.29) is 24.3 Å². The van der Waals surface area contributed by atoms with Crippen molar-refractivity contribution in [3.63, 3.8) is 0 Å². The Morgan fingerprint density at radius 1 is 1.21 bits per heavy atom. The van der Waals surface area contributed by atoms with Crippen LogP contribution in [0, 0.1) is 23.7 Å². The number of allylic oxidation sites excluding steroid dienone is 2. The third-order valence-electron chi connectivity index (χ3n) is 4.92. The predicted octanol–water partition coefficient (Wildman–Crippen LogP) is 0.540. The Labute approximate surface area is 111 Å². The first-order valence-corrected chi connectivity index (χ1v) is 6.91. The number of carbonyl (C=O) groups excluding carboxylic acids is 1. The Morgan fingerprint density at radius 2 is 1.84 bits per heavy atom. The number of carboxylic acids is 1. The zero-order chi connectivity index (χ0) is 13.6. The number of nitrogens with one attached hydrogen (secondary N) is 1. The van der Waals surface area contributed by atoms with Gasteiger partial charge in [0.15, 0.2) is 0 Å². The summed E-state index contributed by atoms with van der Waals surface area (Å²) in [6.07, 6.45) is 7.07. The van der Waals surface area contributed by atoms with Gasteiger partial charge in [0.2, 0.25) is 5.91 Å². The van der Waals surface area contributed by atoms with Crippen LogP contribution in [0.25, 0.3) is 0 Å². The fraction of sp³-hybridized carbons (Fsp3) is 0.714. The summed E-state index contributed by atoms with van der Waals surface area (Å²) in [5.41, 5.74) is -0.762. The molecule has 5 nitrogen and oxygen atoms in total. The van der Waals surface area contributed by atoms with Crippen LogP contribution in [0.15, 0.2) is 12.2 Å². The summed E-state index contributed by atoms with van der Waals surface area (Å²) < 4.78 is 0. The molecule has 0 aromatic heterocycles. The van der Waals surface area contributed by atoms with Crippen molar-refractivity contribution in [2.24, 2.45) is 23.7 Å². The number of hydrogen-bond acceptors (Lipinski definition) is 3. The van der Waals surface area contributed by atoms with Crippen LogP contribution in [-0.4, -0.2) is 34.2 Å². The van der Waals surface area contributed by atoms with E-state index in [2.05, 4.69) is 5.32 Å².